The van der Waals surface area contributed by atoms with E-state index in [0.717, 1.165) is 25.2 Å². The lowest BCUT2D eigenvalue weighted by molar-refractivity contribution is 0.413. The molecule has 0 aromatic heterocycles. The van der Waals surface area contributed by atoms with Crippen LogP contribution in [0.5, 0.6) is 0 Å². The lowest BCUT2D eigenvalue weighted by atomic mass is 9.99. The van der Waals surface area contributed by atoms with Gasteiger partial charge in [0.15, 0.2) is 5.11 Å². The summed E-state index contributed by atoms with van der Waals surface area (Å²) in [5, 5.41) is 7.07. The first-order chi connectivity index (χ1) is 9.02. The maximum atomic E-state index is 5.25. The van der Waals surface area contributed by atoms with Gasteiger partial charge in [-0.2, -0.15) is 0 Å². The van der Waals surface area contributed by atoms with Gasteiger partial charge in [-0.1, -0.05) is 26.0 Å². The largest absolute Gasteiger partial charge is 0.361 e. The molecule has 0 saturated heterocycles. The minimum absolute atomic E-state index is 0.610. The minimum atomic E-state index is 0.610. The SMILES string of the molecule is CCC(C)c1ccc(NC(=S)NCCN(C)C)cc1. The van der Waals surface area contributed by atoms with Crippen molar-refractivity contribution >= 4 is 23.0 Å². The van der Waals surface area contributed by atoms with E-state index >= 15 is 0 Å². The van der Waals surface area contributed by atoms with Gasteiger partial charge in [-0.25, -0.2) is 0 Å². The first-order valence-electron chi connectivity index (χ1n) is 6.82. The molecule has 0 bridgehead atoms. The molecule has 0 radical (unpaired) electrons. The Morgan fingerprint density at radius 3 is 2.42 bits per heavy atom. The summed E-state index contributed by atoms with van der Waals surface area (Å²) >= 11 is 5.25. The summed E-state index contributed by atoms with van der Waals surface area (Å²) in [6.45, 7) is 6.27. The summed E-state index contributed by atoms with van der Waals surface area (Å²) in [5.74, 6) is 0.610. The van der Waals surface area contributed by atoms with Crippen LogP contribution in [0.25, 0.3) is 0 Å². The molecular weight excluding hydrogens is 254 g/mol. The van der Waals surface area contributed by atoms with Crippen molar-refractivity contribution in [3.05, 3.63) is 29.8 Å². The fraction of sp³-hybridized carbons (Fsp3) is 0.533. The van der Waals surface area contributed by atoms with Crippen LogP contribution >= 0.6 is 12.2 Å². The molecule has 0 aliphatic carbocycles. The lowest BCUT2D eigenvalue weighted by Gasteiger charge is -2.14. The fourth-order valence-electron chi connectivity index (χ4n) is 1.70. The molecule has 0 fully saturated rings. The van der Waals surface area contributed by atoms with Gasteiger partial charge in [0, 0.05) is 18.8 Å². The van der Waals surface area contributed by atoms with E-state index in [9.17, 15) is 0 Å². The highest BCUT2D eigenvalue weighted by Gasteiger charge is 2.03. The zero-order valence-corrected chi connectivity index (χ0v) is 13.2. The van der Waals surface area contributed by atoms with E-state index in [1.54, 1.807) is 0 Å². The Morgan fingerprint density at radius 2 is 1.89 bits per heavy atom. The lowest BCUT2D eigenvalue weighted by Crippen LogP contribution is -2.34. The van der Waals surface area contributed by atoms with E-state index in [1.165, 1.54) is 5.56 Å². The summed E-state index contributed by atoms with van der Waals surface area (Å²) in [5.41, 5.74) is 2.41. The Morgan fingerprint density at radius 1 is 1.26 bits per heavy atom. The number of rotatable bonds is 6. The van der Waals surface area contributed by atoms with Crippen molar-refractivity contribution in [2.24, 2.45) is 0 Å². The van der Waals surface area contributed by atoms with Gasteiger partial charge in [0.05, 0.1) is 0 Å². The Hall–Kier alpha value is -1.13. The molecule has 3 nitrogen and oxygen atoms in total. The molecule has 1 rings (SSSR count). The monoisotopic (exact) mass is 279 g/mol. The number of hydrogen-bond donors (Lipinski definition) is 2. The predicted octanol–water partition coefficient (Wildman–Crippen LogP) is 3.05. The van der Waals surface area contributed by atoms with E-state index in [1.807, 2.05) is 14.1 Å². The Labute approximate surface area is 122 Å². The van der Waals surface area contributed by atoms with Crippen LogP contribution in [0.4, 0.5) is 5.69 Å². The van der Waals surface area contributed by atoms with Gasteiger partial charge >= 0.3 is 0 Å². The third-order valence-corrected chi connectivity index (χ3v) is 3.44. The molecule has 1 aromatic carbocycles. The smallest absolute Gasteiger partial charge is 0.170 e. The van der Waals surface area contributed by atoms with Crippen molar-refractivity contribution in [2.75, 3.05) is 32.5 Å². The van der Waals surface area contributed by atoms with Gasteiger partial charge in [0.2, 0.25) is 0 Å². The summed E-state index contributed by atoms with van der Waals surface area (Å²) in [6, 6.07) is 8.50. The molecule has 106 valence electrons. The van der Waals surface area contributed by atoms with E-state index in [4.69, 9.17) is 12.2 Å². The van der Waals surface area contributed by atoms with Gasteiger partial charge < -0.3 is 15.5 Å². The molecule has 4 heteroatoms. The van der Waals surface area contributed by atoms with Gasteiger partial charge in [0.25, 0.3) is 0 Å². The number of likely N-dealkylation sites (N-methyl/N-ethyl adjacent to an activating group) is 1. The molecule has 1 atom stereocenters. The topological polar surface area (TPSA) is 27.3 Å². The van der Waals surface area contributed by atoms with Crippen molar-refractivity contribution < 1.29 is 0 Å². The van der Waals surface area contributed by atoms with Crippen molar-refractivity contribution in [1.29, 1.82) is 0 Å². The minimum Gasteiger partial charge on any atom is -0.361 e. The second-order valence-electron chi connectivity index (χ2n) is 5.12. The Kier molecular flexibility index (Phi) is 6.81. The van der Waals surface area contributed by atoms with Crippen LogP contribution in [-0.2, 0) is 0 Å². The summed E-state index contributed by atoms with van der Waals surface area (Å²) in [6.07, 6.45) is 1.16. The van der Waals surface area contributed by atoms with Crippen LogP contribution in [0.2, 0.25) is 0 Å². The molecule has 19 heavy (non-hydrogen) atoms. The maximum absolute atomic E-state index is 5.25. The van der Waals surface area contributed by atoms with Crippen molar-refractivity contribution in [2.45, 2.75) is 26.2 Å². The predicted molar refractivity (Wildman–Crippen MR) is 87.9 cm³/mol. The highest BCUT2D eigenvalue weighted by Crippen LogP contribution is 2.20. The van der Waals surface area contributed by atoms with Crippen LogP contribution in [0.1, 0.15) is 31.7 Å². The second-order valence-corrected chi connectivity index (χ2v) is 5.52. The molecule has 0 amide bonds. The van der Waals surface area contributed by atoms with E-state index in [2.05, 4.69) is 53.6 Å². The molecule has 0 aliphatic rings. The third kappa shape index (κ3) is 6.03. The van der Waals surface area contributed by atoms with Gasteiger partial charge in [-0.05, 0) is 56.3 Å². The first-order valence-corrected chi connectivity index (χ1v) is 7.23. The fourth-order valence-corrected chi connectivity index (χ4v) is 1.92. The highest BCUT2D eigenvalue weighted by molar-refractivity contribution is 7.80. The number of nitrogens with one attached hydrogen (secondary N) is 2. The maximum Gasteiger partial charge on any atom is 0.170 e. The number of benzene rings is 1. The molecule has 0 spiro atoms. The average Bonchev–Trinajstić information content (AvgIpc) is 2.38. The zero-order chi connectivity index (χ0) is 14.3. The molecular formula is C15H25N3S. The van der Waals surface area contributed by atoms with Crippen molar-refractivity contribution in [1.82, 2.24) is 10.2 Å². The Balaban J connectivity index is 2.42. The summed E-state index contributed by atoms with van der Waals surface area (Å²) < 4.78 is 0. The number of hydrogen-bond acceptors (Lipinski definition) is 2. The summed E-state index contributed by atoms with van der Waals surface area (Å²) in [7, 11) is 4.09. The zero-order valence-electron chi connectivity index (χ0n) is 12.4. The highest BCUT2D eigenvalue weighted by atomic mass is 32.1. The quantitative estimate of drug-likeness (QED) is 0.783. The molecule has 0 heterocycles. The standard InChI is InChI=1S/C15H25N3S/c1-5-12(2)13-6-8-14(9-7-13)17-15(19)16-10-11-18(3)4/h6-9,12H,5,10-11H2,1-4H3,(H2,16,17,19). The van der Waals surface area contributed by atoms with E-state index in [0.29, 0.717) is 11.0 Å². The van der Waals surface area contributed by atoms with Gasteiger partial charge in [0.1, 0.15) is 0 Å². The molecule has 0 aliphatic heterocycles. The van der Waals surface area contributed by atoms with Crippen LogP contribution in [0.15, 0.2) is 24.3 Å². The van der Waals surface area contributed by atoms with Crippen LogP contribution < -0.4 is 10.6 Å². The first kappa shape index (κ1) is 15.9. The normalized spacial score (nSPS) is 12.3. The number of nitrogens with zero attached hydrogens (tertiary/aromatic N) is 1. The van der Waals surface area contributed by atoms with Crippen LogP contribution in [0, 0.1) is 0 Å². The average molecular weight is 279 g/mol. The van der Waals surface area contributed by atoms with Crippen molar-refractivity contribution in [3.63, 3.8) is 0 Å². The van der Waals surface area contributed by atoms with Crippen LogP contribution in [0.3, 0.4) is 0 Å². The number of anilines is 1. The molecule has 1 unspecified atom stereocenters. The van der Waals surface area contributed by atoms with Gasteiger partial charge in [-0.15, -0.1) is 0 Å². The molecule has 2 N–H and O–H groups in total. The molecule has 0 saturated carbocycles. The summed E-state index contributed by atoms with van der Waals surface area (Å²) in [4.78, 5) is 2.12. The molecule has 1 aromatic rings. The second kappa shape index (κ2) is 8.12. The number of thiocarbonyl (C=S) groups is 1. The van der Waals surface area contributed by atoms with Crippen molar-refractivity contribution in [3.8, 4) is 0 Å². The third-order valence-electron chi connectivity index (χ3n) is 3.19. The van der Waals surface area contributed by atoms with E-state index < -0.39 is 0 Å². The van der Waals surface area contributed by atoms with E-state index in [-0.39, 0.29) is 0 Å². The van der Waals surface area contributed by atoms with Gasteiger partial charge in [-0.3, -0.25) is 0 Å². The Bertz CT molecular complexity index is 387. The van der Waals surface area contributed by atoms with Crippen LogP contribution in [-0.4, -0.2) is 37.2 Å².